The number of barbiturate groups is 1. The first kappa shape index (κ1) is 22.9. The highest BCUT2D eigenvalue weighted by molar-refractivity contribution is 7.99. The summed E-state index contributed by atoms with van der Waals surface area (Å²) in [4.78, 5) is 39.8. The zero-order valence-corrected chi connectivity index (χ0v) is 19.6. The van der Waals surface area contributed by atoms with Gasteiger partial charge in [-0.25, -0.2) is 9.69 Å². The van der Waals surface area contributed by atoms with Gasteiger partial charge in [-0.2, -0.15) is 0 Å². The summed E-state index contributed by atoms with van der Waals surface area (Å²) < 4.78 is 5.76. The van der Waals surface area contributed by atoms with Crippen LogP contribution in [0.3, 0.4) is 0 Å². The van der Waals surface area contributed by atoms with Gasteiger partial charge in [-0.1, -0.05) is 49.3 Å². The first-order valence-corrected chi connectivity index (χ1v) is 11.6. The van der Waals surface area contributed by atoms with E-state index in [1.165, 1.54) is 17.8 Å². The van der Waals surface area contributed by atoms with Crippen LogP contribution in [0.5, 0.6) is 0 Å². The van der Waals surface area contributed by atoms with Crippen molar-refractivity contribution in [2.45, 2.75) is 36.2 Å². The van der Waals surface area contributed by atoms with Crippen LogP contribution in [0.4, 0.5) is 10.5 Å². The van der Waals surface area contributed by atoms with Gasteiger partial charge in [0.15, 0.2) is 5.09 Å². The lowest BCUT2D eigenvalue weighted by Gasteiger charge is -2.26. The zero-order chi connectivity index (χ0) is 23.5. The highest BCUT2D eigenvalue weighted by Crippen LogP contribution is 2.31. The van der Waals surface area contributed by atoms with E-state index in [0.717, 1.165) is 21.8 Å². The maximum Gasteiger partial charge on any atom is 0.335 e. The SMILES string of the molecule is CC[C@H](C)c1ccc(N2C(=O)NC(=O)/C(=C/c3ccc(Sc4ccc(Cl)cc4)o3)C2=O)cc1. The van der Waals surface area contributed by atoms with Crippen LogP contribution in [0.25, 0.3) is 6.08 Å². The normalized spacial score (nSPS) is 16.3. The number of nitrogens with zero attached hydrogens (tertiary/aromatic N) is 1. The Hall–Kier alpha value is -3.29. The lowest BCUT2D eigenvalue weighted by Crippen LogP contribution is -2.54. The number of urea groups is 1. The molecule has 168 valence electrons. The molecular weight excluding hydrogens is 460 g/mol. The highest BCUT2D eigenvalue weighted by Gasteiger charge is 2.37. The predicted molar refractivity (Wildman–Crippen MR) is 128 cm³/mol. The van der Waals surface area contributed by atoms with E-state index in [4.69, 9.17) is 16.0 Å². The van der Waals surface area contributed by atoms with Gasteiger partial charge < -0.3 is 4.42 Å². The molecule has 1 aliphatic rings. The molecule has 0 saturated carbocycles. The second-order valence-electron chi connectivity index (χ2n) is 7.57. The van der Waals surface area contributed by atoms with Crippen molar-refractivity contribution in [1.29, 1.82) is 0 Å². The molecule has 1 aromatic heterocycles. The topological polar surface area (TPSA) is 79.6 Å². The number of anilines is 1. The average Bonchev–Trinajstić information content (AvgIpc) is 3.25. The molecule has 4 rings (SSSR count). The zero-order valence-electron chi connectivity index (χ0n) is 18.0. The van der Waals surface area contributed by atoms with E-state index in [9.17, 15) is 14.4 Å². The quantitative estimate of drug-likeness (QED) is 0.332. The van der Waals surface area contributed by atoms with Gasteiger partial charge in [-0.15, -0.1) is 0 Å². The Morgan fingerprint density at radius 2 is 1.73 bits per heavy atom. The summed E-state index contributed by atoms with van der Waals surface area (Å²) in [6.07, 6.45) is 2.32. The monoisotopic (exact) mass is 480 g/mol. The Kier molecular flexibility index (Phi) is 6.72. The lowest BCUT2D eigenvalue weighted by molar-refractivity contribution is -0.122. The number of benzene rings is 2. The number of amides is 4. The van der Waals surface area contributed by atoms with Gasteiger partial charge in [-0.05, 0) is 72.5 Å². The maximum absolute atomic E-state index is 13.1. The van der Waals surface area contributed by atoms with Crippen LogP contribution in [-0.4, -0.2) is 17.8 Å². The van der Waals surface area contributed by atoms with E-state index in [1.54, 1.807) is 36.4 Å². The van der Waals surface area contributed by atoms with Crippen molar-refractivity contribution in [3.63, 3.8) is 0 Å². The molecule has 2 aromatic carbocycles. The van der Waals surface area contributed by atoms with E-state index >= 15 is 0 Å². The third-order valence-electron chi connectivity index (χ3n) is 5.36. The fourth-order valence-corrected chi connectivity index (χ4v) is 4.21. The van der Waals surface area contributed by atoms with Crippen molar-refractivity contribution < 1.29 is 18.8 Å². The number of imide groups is 2. The molecule has 0 spiro atoms. The molecule has 2 heterocycles. The molecule has 0 radical (unpaired) electrons. The highest BCUT2D eigenvalue weighted by atomic mass is 35.5. The van der Waals surface area contributed by atoms with Gasteiger partial charge in [0.25, 0.3) is 11.8 Å². The maximum atomic E-state index is 13.1. The Bertz CT molecular complexity index is 1230. The molecule has 1 fully saturated rings. The van der Waals surface area contributed by atoms with E-state index < -0.39 is 17.8 Å². The molecule has 1 saturated heterocycles. The molecule has 33 heavy (non-hydrogen) atoms. The first-order valence-electron chi connectivity index (χ1n) is 10.4. The summed E-state index contributed by atoms with van der Waals surface area (Å²) in [6, 6.07) is 17.1. The Balaban J connectivity index is 1.56. The van der Waals surface area contributed by atoms with Crippen molar-refractivity contribution in [2.24, 2.45) is 0 Å². The van der Waals surface area contributed by atoms with Gasteiger partial charge in [0, 0.05) is 9.92 Å². The predicted octanol–water partition coefficient (Wildman–Crippen LogP) is 6.26. The van der Waals surface area contributed by atoms with Crippen LogP contribution in [-0.2, 0) is 9.59 Å². The lowest BCUT2D eigenvalue weighted by atomic mass is 9.98. The number of hydrogen-bond donors (Lipinski definition) is 1. The van der Waals surface area contributed by atoms with E-state index in [2.05, 4.69) is 19.2 Å². The number of nitrogens with one attached hydrogen (secondary N) is 1. The number of furan rings is 1. The van der Waals surface area contributed by atoms with Crippen LogP contribution < -0.4 is 10.2 Å². The van der Waals surface area contributed by atoms with Gasteiger partial charge >= 0.3 is 6.03 Å². The van der Waals surface area contributed by atoms with Crippen LogP contribution >= 0.6 is 23.4 Å². The number of halogens is 1. The molecule has 8 heteroatoms. The summed E-state index contributed by atoms with van der Waals surface area (Å²) in [5.74, 6) is -0.781. The minimum absolute atomic E-state index is 0.182. The van der Waals surface area contributed by atoms with Crippen molar-refractivity contribution >= 4 is 53.0 Å². The molecule has 1 N–H and O–H groups in total. The molecular formula is C25H21ClN2O4S. The van der Waals surface area contributed by atoms with Crippen LogP contribution in [0, 0.1) is 0 Å². The molecule has 4 amide bonds. The minimum atomic E-state index is -0.781. The average molecular weight is 481 g/mol. The third-order valence-corrected chi connectivity index (χ3v) is 6.54. The van der Waals surface area contributed by atoms with Gasteiger partial charge in [0.1, 0.15) is 11.3 Å². The molecule has 1 aliphatic heterocycles. The van der Waals surface area contributed by atoms with Crippen molar-refractivity contribution in [3.8, 4) is 0 Å². The third kappa shape index (κ3) is 5.05. The largest absolute Gasteiger partial charge is 0.450 e. The first-order chi connectivity index (χ1) is 15.9. The summed E-state index contributed by atoms with van der Waals surface area (Å²) >= 11 is 7.29. The number of hydrogen-bond acceptors (Lipinski definition) is 5. The van der Waals surface area contributed by atoms with Crippen molar-refractivity contribution in [1.82, 2.24) is 5.32 Å². The standard InChI is InChI=1S/C25H21ClN2O4S/c1-3-15(2)16-4-8-18(9-5-16)28-24(30)21(23(29)27-25(28)31)14-19-10-13-22(32-19)33-20-11-6-17(26)7-12-20/h4-15H,3H2,1-2H3,(H,27,29,31)/b21-14-/t15-/m0/s1. The van der Waals surface area contributed by atoms with E-state index in [0.29, 0.717) is 27.5 Å². The number of carbonyl (C=O) groups excluding carboxylic acids is 3. The second-order valence-corrected chi connectivity index (χ2v) is 9.09. The molecule has 3 aromatic rings. The van der Waals surface area contributed by atoms with E-state index in [1.807, 2.05) is 24.3 Å². The molecule has 0 aliphatic carbocycles. The molecule has 0 bridgehead atoms. The Labute approximate surface area is 200 Å². The van der Waals surface area contributed by atoms with Gasteiger partial charge in [0.2, 0.25) is 0 Å². The summed E-state index contributed by atoms with van der Waals surface area (Å²) in [5, 5.41) is 3.45. The van der Waals surface area contributed by atoms with Crippen LogP contribution in [0.15, 0.2) is 80.6 Å². The van der Waals surface area contributed by atoms with Gasteiger partial charge in [0.05, 0.1) is 5.69 Å². The van der Waals surface area contributed by atoms with Gasteiger partial charge in [-0.3, -0.25) is 14.9 Å². The van der Waals surface area contributed by atoms with Crippen molar-refractivity contribution in [2.75, 3.05) is 4.90 Å². The number of carbonyl (C=O) groups is 3. The Morgan fingerprint density at radius 1 is 1.03 bits per heavy atom. The minimum Gasteiger partial charge on any atom is -0.450 e. The Morgan fingerprint density at radius 3 is 2.39 bits per heavy atom. The molecule has 0 unspecified atom stereocenters. The number of rotatable bonds is 6. The van der Waals surface area contributed by atoms with Crippen LogP contribution in [0.2, 0.25) is 5.02 Å². The molecule has 6 nitrogen and oxygen atoms in total. The summed E-state index contributed by atoms with van der Waals surface area (Å²) in [6.45, 7) is 4.20. The van der Waals surface area contributed by atoms with E-state index in [-0.39, 0.29) is 5.57 Å². The van der Waals surface area contributed by atoms with Crippen LogP contribution in [0.1, 0.15) is 37.5 Å². The smallest absolute Gasteiger partial charge is 0.335 e. The van der Waals surface area contributed by atoms with Crippen molar-refractivity contribution in [3.05, 3.63) is 82.6 Å². The molecule has 1 atom stereocenters. The summed E-state index contributed by atoms with van der Waals surface area (Å²) in [7, 11) is 0. The fourth-order valence-electron chi connectivity index (χ4n) is 3.31. The summed E-state index contributed by atoms with van der Waals surface area (Å²) in [5.41, 5.74) is 1.32. The second kappa shape index (κ2) is 9.68. The fraction of sp³-hybridized carbons (Fsp3) is 0.160.